The lowest BCUT2D eigenvalue weighted by atomic mass is 9.91. The average molecular weight is 562 g/mol. The number of carbonyl (C=O) groups is 3. The minimum absolute atomic E-state index is 0.112. The molecule has 220 valence electrons. The first-order valence-electron chi connectivity index (χ1n) is 15.1. The summed E-state index contributed by atoms with van der Waals surface area (Å²) in [7, 11) is 1.61. The number of nitrogens with one attached hydrogen (secondary N) is 2. The normalized spacial score (nSPS) is 21.4. The highest BCUT2D eigenvalue weighted by atomic mass is 16.5. The van der Waals surface area contributed by atoms with Gasteiger partial charge >= 0.3 is 0 Å². The highest BCUT2D eigenvalue weighted by molar-refractivity contribution is 6.00. The number of nitrogens with two attached hydrogens (primary N) is 1. The Balaban J connectivity index is 1.30. The maximum Gasteiger partial charge on any atom is 0.251 e. The molecule has 3 amide bonds. The summed E-state index contributed by atoms with van der Waals surface area (Å²) in [6.45, 7) is 2.66. The lowest BCUT2D eigenvalue weighted by Gasteiger charge is -2.38. The number of carbonyl (C=O) groups excluding carboxylic acids is 3. The second-order valence-corrected chi connectivity index (χ2v) is 11.7. The Kier molecular flexibility index (Phi) is 9.44. The molecule has 2 saturated carbocycles. The molecule has 5 rings (SSSR count). The maximum atomic E-state index is 13.2. The van der Waals surface area contributed by atoms with E-state index < -0.39 is 0 Å². The fourth-order valence-electron chi connectivity index (χ4n) is 6.31. The van der Waals surface area contributed by atoms with Gasteiger partial charge in [0.2, 0.25) is 11.8 Å². The van der Waals surface area contributed by atoms with E-state index in [1.54, 1.807) is 13.2 Å². The molecule has 1 saturated heterocycles. The molecule has 9 nitrogen and oxygen atoms in total. The number of ether oxygens (including phenoxy) is 1. The lowest BCUT2D eigenvalue weighted by Crippen LogP contribution is -2.50. The first-order chi connectivity index (χ1) is 19.9. The van der Waals surface area contributed by atoms with Crippen LogP contribution in [0.5, 0.6) is 5.75 Å². The minimum Gasteiger partial charge on any atom is -0.497 e. The van der Waals surface area contributed by atoms with Crippen LogP contribution in [0.4, 0.5) is 11.4 Å². The molecule has 0 bridgehead atoms. The smallest absolute Gasteiger partial charge is 0.251 e. The summed E-state index contributed by atoms with van der Waals surface area (Å²) in [5.41, 5.74) is 8.89. The SMILES string of the molecule is COc1ccc(CC(=O)Nc2cc(C(=O)NC3CCC(N)CC3)ccc2N2CCN(C(=O)C3CCCC3)CC2)cc1. The van der Waals surface area contributed by atoms with E-state index in [1.807, 2.05) is 41.3 Å². The van der Waals surface area contributed by atoms with Crippen molar-refractivity contribution in [1.29, 1.82) is 0 Å². The zero-order valence-electron chi connectivity index (χ0n) is 24.1. The molecule has 3 fully saturated rings. The van der Waals surface area contributed by atoms with Gasteiger partial charge in [-0.3, -0.25) is 14.4 Å². The molecule has 1 aliphatic heterocycles. The van der Waals surface area contributed by atoms with Crippen molar-refractivity contribution in [2.24, 2.45) is 11.7 Å². The monoisotopic (exact) mass is 561 g/mol. The highest BCUT2D eigenvalue weighted by Crippen LogP contribution is 2.31. The predicted molar refractivity (Wildman–Crippen MR) is 160 cm³/mol. The molecule has 0 radical (unpaired) electrons. The van der Waals surface area contributed by atoms with Crippen LogP contribution in [0.1, 0.15) is 67.3 Å². The van der Waals surface area contributed by atoms with Gasteiger partial charge < -0.3 is 30.9 Å². The zero-order valence-corrected chi connectivity index (χ0v) is 24.1. The lowest BCUT2D eigenvalue weighted by molar-refractivity contribution is -0.135. The van der Waals surface area contributed by atoms with Crippen LogP contribution in [0.15, 0.2) is 42.5 Å². The first kappa shape index (κ1) is 28.9. The van der Waals surface area contributed by atoms with E-state index in [1.165, 1.54) is 0 Å². The van der Waals surface area contributed by atoms with E-state index >= 15 is 0 Å². The van der Waals surface area contributed by atoms with Crippen molar-refractivity contribution >= 4 is 29.1 Å². The molecule has 2 aliphatic carbocycles. The zero-order chi connectivity index (χ0) is 28.8. The molecule has 4 N–H and O–H groups in total. The number of hydrogen-bond acceptors (Lipinski definition) is 6. The third-order valence-electron chi connectivity index (χ3n) is 8.80. The third kappa shape index (κ3) is 7.38. The molecule has 0 unspecified atom stereocenters. The van der Waals surface area contributed by atoms with Crippen molar-refractivity contribution in [2.75, 3.05) is 43.5 Å². The van der Waals surface area contributed by atoms with Crippen molar-refractivity contribution in [3.05, 3.63) is 53.6 Å². The van der Waals surface area contributed by atoms with Gasteiger partial charge in [-0.25, -0.2) is 0 Å². The number of hydrogen-bond donors (Lipinski definition) is 3. The molecule has 1 heterocycles. The molecule has 3 aliphatic rings. The molecule has 0 atom stereocenters. The van der Waals surface area contributed by atoms with Crippen LogP contribution in [-0.2, 0) is 16.0 Å². The van der Waals surface area contributed by atoms with Crippen LogP contribution >= 0.6 is 0 Å². The number of methoxy groups -OCH3 is 1. The fourth-order valence-corrected chi connectivity index (χ4v) is 6.31. The van der Waals surface area contributed by atoms with Gasteiger partial charge in [0.1, 0.15) is 5.75 Å². The summed E-state index contributed by atoms with van der Waals surface area (Å²) in [5, 5.41) is 6.23. The van der Waals surface area contributed by atoms with Crippen molar-refractivity contribution in [3.63, 3.8) is 0 Å². The predicted octanol–water partition coefficient (Wildman–Crippen LogP) is 3.71. The Bertz CT molecular complexity index is 1210. The number of rotatable bonds is 8. The van der Waals surface area contributed by atoms with Crippen molar-refractivity contribution in [2.45, 2.75) is 69.9 Å². The second kappa shape index (κ2) is 13.4. The van der Waals surface area contributed by atoms with Crippen molar-refractivity contribution < 1.29 is 19.1 Å². The summed E-state index contributed by atoms with van der Waals surface area (Å²) >= 11 is 0. The second-order valence-electron chi connectivity index (χ2n) is 11.7. The standard InChI is InChI=1S/C32H43N5O4/c1-41-27-13-6-22(7-14-27)20-30(38)35-28-21-24(31(39)34-26-11-9-25(33)10-12-26)8-15-29(28)36-16-18-37(19-17-36)32(40)23-4-2-3-5-23/h6-8,13-15,21,23,25-26H,2-5,9-12,16-20,33H2,1H3,(H,34,39)(H,35,38). The molecule has 2 aromatic rings. The van der Waals surface area contributed by atoms with Crippen molar-refractivity contribution in [1.82, 2.24) is 10.2 Å². The number of nitrogens with zero attached hydrogens (tertiary/aromatic N) is 2. The summed E-state index contributed by atoms with van der Waals surface area (Å²) in [5.74, 6) is 0.888. The van der Waals surface area contributed by atoms with E-state index in [0.29, 0.717) is 37.4 Å². The van der Waals surface area contributed by atoms with Crippen LogP contribution in [0, 0.1) is 5.92 Å². The van der Waals surface area contributed by atoms with Crippen LogP contribution < -0.4 is 26.0 Å². The fraction of sp³-hybridized carbons (Fsp3) is 0.531. The minimum atomic E-state index is -0.162. The first-order valence-corrected chi connectivity index (χ1v) is 15.1. The van der Waals surface area contributed by atoms with E-state index in [-0.39, 0.29) is 42.1 Å². The Morgan fingerprint density at radius 1 is 0.902 bits per heavy atom. The molecule has 2 aromatic carbocycles. The number of benzene rings is 2. The quantitative estimate of drug-likeness (QED) is 0.452. The maximum absolute atomic E-state index is 13.2. The topological polar surface area (TPSA) is 117 Å². The van der Waals surface area contributed by atoms with E-state index in [4.69, 9.17) is 10.5 Å². The Hall–Kier alpha value is -3.59. The van der Waals surface area contributed by atoms with Gasteiger partial charge in [0, 0.05) is 49.7 Å². The average Bonchev–Trinajstić information content (AvgIpc) is 3.54. The summed E-state index contributed by atoms with van der Waals surface area (Å²) < 4.78 is 5.22. The van der Waals surface area contributed by atoms with Gasteiger partial charge in [-0.05, 0) is 74.4 Å². The van der Waals surface area contributed by atoms with Gasteiger partial charge in [0.15, 0.2) is 0 Å². The molecule has 0 spiro atoms. The molecule has 0 aromatic heterocycles. The Morgan fingerprint density at radius 3 is 2.24 bits per heavy atom. The highest BCUT2D eigenvalue weighted by Gasteiger charge is 2.30. The number of amides is 3. The van der Waals surface area contributed by atoms with Gasteiger partial charge in [-0.15, -0.1) is 0 Å². The molecule has 41 heavy (non-hydrogen) atoms. The Morgan fingerprint density at radius 2 is 1.59 bits per heavy atom. The summed E-state index contributed by atoms with van der Waals surface area (Å²) in [6, 6.07) is 13.3. The van der Waals surface area contributed by atoms with Crippen LogP contribution in [0.25, 0.3) is 0 Å². The molecule has 9 heteroatoms. The third-order valence-corrected chi connectivity index (χ3v) is 8.80. The van der Waals surface area contributed by atoms with Gasteiger partial charge in [0.25, 0.3) is 5.91 Å². The molecular weight excluding hydrogens is 518 g/mol. The van der Waals surface area contributed by atoms with Crippen LogP contribution in [0.3, 0.4) is 0 Å². The Labute approximate surface area is 242 Å². The van der Waals surface area contributed by atoms with Crippen LogP contribution in [-0.4, -0.2) is 68.0 Å². The van der Waals surface area contributed by atoms with Crippen LogP contribution in [0.2, 0.25) is 0 Å². The van der Waals surface area contributed by atoms with Gasteiger partial charge in [-0.1, -0.05) is 25.0 Å². The van der Waals surface area contributed by atoms with Gasteiger partial charge in [-0.2, -0.15) is 0 Å². The molecular formula is C32H43N5O4. The van der Waals surface area contributed by atoms with E-state index in [0.717, 1.165) is 68.4 Å². The van der Waals surface area contributed by atoms with E-state index in [2.05, 4.69) is 15.5 Å². The van der Waals surface area contributed by atoms with Crippen molar-refractivity contribution in [3.8, 4) is 5.75 Å². The summed E-state index contributed by atoms with van der Waals surface area (Å²) in [4.78, 5) is 43.5. The van der Waals surface area contributed by atoms with E-state index in [9.17, 15) is 14.4 Å². The number of piperazine rings is 1. The number of anilines is 2. The largest absolute Gasteiger partial charge is 0.497 e. The summed E-state index contributed by atoms with van der Waals surface area (Å²) in [6.07, 6.45) is 8.06. The van der Waals surface area contributed by atoms with Gasteiger partial charge in [0.05, 0.1) is 24.9 Å².